The van der Waals surface area contributed by atoms with Gasteiger partial charge in [-0.2, -0.15) is 13.2 Å². The maximum atomic E-state index is 13.1. The molecule has 0 bridgehead atoms. The minimum atomic E-state index is -4.95. The second kappa shape index (κ2) is 9.81. The molecule has 1 saturated heterocycles. The van der Waals surface area contributed by atoms with Crippen molar-refractivity contribution in [3.63, 3.8) is 0 Å². The number of alkyl halides is 3. The molecule has 0 spiro atoms. The summed E-state index contributed by atoms with van der Waals surface area (Å²) >= 11 is 6.13. The van der Waals surface area contributed by atoms with Crippen LogP contribution in [0.2, 0.25) is 5.15 Å². The van der Waals surface area contributed by atoms with Gasteiger partial charge in [-0.15, -0.1) is 0 Å². The topological polar surface area (TPSA) is 118 Å². The van der Waals surface area contributed by atoms with Crippen molar-refractivity contribution in [1.82, 2.24) is 25.2 Å². The van der Waals surface area contributed by atoms with Gasteiger partial charge in [0.15, 0.2) is 6.10 Å². The fraction of sp³-hybridized carbons (Fsp3) is 0.350. The lowest BCUT2D eigenvalue weighted by atomic mass is 10.0. The zero-order valence-corrected chi connectivity index (χ0v) is 18.0. The number of aromatic nitrogens is 3. The third-order valence-corrected chi connectivity index (χ3v) is 5.07. The molecule has 2 aromatic heterocycles. The number of nitrogens with one attached hydrogen (secondary N) is 1. The fourth-order valence-electron chi connectivity index (χ4n) is 3.25. The smallest absolute Gasteiger partial charge is 0.381 e. The Kier molecular flexibility index (Phi) is 7.30. The van der Waals surface area contributed by atoms with Crippen LogP contribution in [0.15, 0.2) is 37.2 Å². The molecule has 3 atom stereocenters. The van der Waals surface area contributed by atoms with Crippen LogP contribution in [0.3, 0.4) is 0 Å². The number of morpholine rings is 1. The van der Waals surface area contributed by atoms with Gasteiger partial charge in [0.05, 0.1) is 24.5 Å². The summed E-state index contributed by atoms with van der Waals surface area (Å²) in [6.07, 6.45) is -8.45. The number of carbonyl (C=O) groups excluding carboxylic acids is 2. The summed E-state index contributed by atoms with van der Waals surface area (Å²) in [6.45, 7) is 2.77. The zero-order chi connectivity index (χ0) is 24.3. The molecule has 3 heterocycles. The Bertz CT molecular complexity index is 1070. The second-order valence-corrected chi connectivity index (χ2v) is 7.46. The highest BCUT2D eigenvalue weighted by molar-refractivity contribution is 6.29. The molecule has 1 unspecified atom stereocenters. The molecule has 0 radical (unpaired) electrons. The first-order valence-electron chi connectivity index (χ1n) is 9.57. The highest BCUT2D eigenvalue weighted by Crippen LogP contribution is 2.34. The summed E-state index contributed by atoms with van der Waals surface area (Å²) in [7, 11) is 1.43. The lowest BCUT2D eigenvalue weighted by Gasteiger charge is -2.40. The predicted molar refractivity (Wildman–Crippen MR) is 110 cm³/mol. The summed E-state index contributed by atoms with van der Waals surface area (Å²) in [5, 5.41) is 12.1. The van der Waals surface area contributed by atoms with Crippen LogP contribution in [0.5, 0.6) is 0 Å². The van der Waals surface area contributed by atoms with E-state index in [2.05, 4.69) is 26.8 Å². The second-order valence-electron chi connectivity index (χ2n) is 7.07. The third-order valence-electron chi connectivity index (χ3n) is 4.88. The van der Waals surface area contributed by atoms with Crippen LogP contribution in [0.4, 0.5) is 13.2 Å². The summed E-state index contributed by atoms with van der Waals surface area (Å²) in [5.74, 6) is -1.08. The normalized spacial score (nSPS) is 19.6. The molecule has 0 aromatic carbocycles. The zero-order valence-electron chi connectivity index (χ0n) is 17.2. The molecule has 0 aliphatic carbocycles. The van der Waals surface area contributed by atoms with Crippen LogP contribution in [0.1, 0.15) is 22.2 Å². The van der Waals surface area contributed by atoms with Crippen molar-refractivity contribution in [1.29, 1.82) is 0 Å². The Morgan fingerprint density at radius 2 is 2.03 bits per heavy atom. The van der Waals surface area contributed by atoms with Gasteiger partial charge in [0, 0.05) is 7.05 Å². The van der Waals surface area contributed by atoms with Crippen molar-refractivity contribution in [3.05, 3.63) is 53.6 Å². The Labute approximate surface area is 191 Å². The molecule has 13 heteroatoms. The van der Waals surface area contributed by atoms with E-state index in [1.807, 2.05) is 0 Å². The molecule has 9 nitrogen and oxygen atoms in total. The molecule has 176 valence electrons. The largest absolute Gasteiger partial charge is 0.416 e. The van der Waals surface area contributed by atoms with Crippen molar-refractivity contribution in [2.45, 2.75) is 24.5 Å². The number of rotatable bonds is 5. The first kappa shape index (κ1) is 24.6. The molecule has 1 fully saturated rings. The van der Waals surface area contributed by atoms with Gasteiger partial charge in [-0.3, -0.25) is 9.59 Å². The van der Waals surface area contributed by atoms with Gasteiger partial charge < -0.3 is 20.1 Å². The summed E-state index contributed by atoms with van der Waals surface area (Å²) in [4.78, 5) is 37.2. The average Bonchev–Trinajstić information content (AvgIpc) is 2.81. The molecule has 0 saturated carbocycles. The van der Waals surface area contributed by atoms with Crippen molar-refractivity contribution in [2.75, 3.05) is 20.1 Å². The van der Waals surface area contributed by atoms with E-state index >= 15 is 0 Å². The highest BCUT2D eigenvalue weighted by Gasteiger charge is 2.47. The first-order chi connectivity index (χ1) is 15.5. The highest BCUT2D eigenvalue weighted by atomic mass is 35.5. The number of nitrogens with zero attached hydrogens (tertiary/aromatic N) is 4. The van der Waals surface area contributed by atoms with E-state index in [4.69, 9.17) is 16.3 Å². The number of amides is 2. The number of halogens is 4. The Hall–Kier alpha value is -3.09. The van der Waals surface area contributed by atoms with Crippen molar-refractivity contribution in [3.8, 4) is 11.4 Å². The van der Waals surface area contributed by atoms with E-state index in [-0.39, 0.29) is 28.8 Å². The number of aliphatic hydroxyl groups excluding tert-OH is 1. The maximum Gasteiger partial charge on any atom is 0.416 e. The minimum absolute atomic E-state index is 0.0219. The minimum Gasteiger partial charge on any atom is -0.381 e. The van der Waals surface area contributed by atoms with E-state index in [0.29, 0.717) is 5.56 Å². The number of aliphatic hydroxyl groups is 1. The molecular weight excluding hydrogens is 467 g/mol. The third kappa shape index (κ3) is 5.64. The molecule has 1 aliphatic rings. The maximum absolute atomic E-state index is 13.1. The van der Waals surface area contributed by atoms with Crippen LogP contribution in [-0.4, -0.2) is 75.3 Å². The van der Waals surface area contributed by atoms with Gasteiger partial charge in [0.25, 0.3) is 5.91 Å². The average molecular weight is 486 g/mol. The number of carbonyl (C=O) groups is 2. The number of ether oxygens (including phenoxy) is 1. The van der Waals surface area contributed by atoms with Crippen LogP contribution in [-0.2, 0) is 9.53 Å². The lowest BCUT2D eigenvalue weighted by molar-refractivity contribution is -0.253. The quantitative estimate of drug-likeness (QED) is 0.491. The van der Waals surface area contributed by atoms with Gasteiger partial charge in [0.2, 0.25) is 5.91 Å². The lowest BCUT2D eigenvalue weighted by Crippen LogP contribution is -2.54. The molecule has 2 amide bonds. The van der Waals surface area contributed by atoms with Crippen LogP contribution < -0.4 is 5.32 Å². The summed E-state index contributed by atoms with van der Waals surface area (Å²) < 4.78 is 44.9. The number of hydrogen-bond acceptors (Lipinski definition) is 7. The van der Waals surface area contributed by atoms with Gasteiger partial charge in [-0.25, -0.2) is 15.0 Å². The summed E-state index contributed by atoms with van der Waals surface area (Å²) in [5.41, 5.74) is 0.796. The predicted octanol–water partition coefficient (Wildman–Crippen LogP) is 1.93. The van der Waals surface area contributed by atoms with Crippen LogP contribution in [0, 0.1) is 0 Å². The van der Waals surface area contributed by atoms with Crippen molar-refractivity contribution in [2.24, 2.45) is 0 Å². The monoisotopic (exact) mass is 485 g/mol. The molecule has 2 N–H and O–H groups in total. The van der Waals surface area contributed by atoms with E-state index in [1.54, 1.807) is 0 Å². The molecule has 3 rings (SSSR count). The Morgan fingerprint density at radius 3 is 2.67 bits per heavy atom. The fourth-order valence-corrected chi connectivity index (χ4v) is 3.47. The van der Waals surface area contributed by atoms with Gasteiger partial charge in [-0.1, -0.05) is 18.2 Å². The van der Waals surface area contributed by atoms with E-state index in [9.17, 15) is 27.9 Å². The van der Waals surface area contributed by atoms with Gasteiger partial charge >= 0.3 is 6.18 Å². The molecule has 1 aliphatic heterocycles. The molecule has 2 aromatic rings. The standard InChI is InChI=1S/C20H19ClF3N5O4/c1-3-17(30)29-7-14(33-15(8-29)18(31)20(22,23)24)10-4-12(28-16(21)5-10)11-6-13(19(32)25-2)27-9-26-11/h3-6,9,14-15,18,31H,1,7-8H2,2H3,(H,25,32)/t14-,15?,18-/m0/s1. The first-order valence-corrected chi connectivity index (χ1v) is 9.94. The SMILES string of the molecule is C=CC(=O)N1CC([C@H](O)C(F)(F)F)O[C@H](c2cc(Cl)nc(-c3cc(C(=O)NC)ncn3)c2)C1. The van der Waals surface area contributed by atoms with E-state index < -0.39 is 42.8 Å². The Morgan fingerprint density at radius 1 is 1.30 bits per heavy atom. The Balaban J connectivity index is 1.99. The molecule has 33 heavy (non-hydrogen) atoms. The van der Waals surface area contributed by atoms with Gasteiger partial charge in [-0.05, 0) is 29.8 Å². The molecular formula is C20H19ClF3N5O4. The number of pyridine rings is 1. The number of hydrogen-bond donors (Lipinski definition) is 2. The van der Waals surface area contributed by atoms with Crippen molar-refractivity contribution < 1.29 is 32.6 Å². The van der Waals surface area contributed by atoms with E-state index in [1.165, 1.54) is 25.2 Å². The summed E-state index contributed by atoms with van der Waals surface area (Å²) in [6, 6.07) is 4.20. The van der Waals surface area contributed by atoms with E-state index in [0.717, 1.165) is 17.3 Å². The van der Waals surface area contributed by atoms with Crippen molar-refractivity contribution >= 4 is 23.4 Å². The van der Waals surface area contributed by atoms with Crippen LogP contribution in [0.25, 0.3) is 11.4 Å². The van der Waals surface area contributed by atoms with Crippen LogP contribution >= 0.6 is 11.6 Å². The van der Waals surface area contributed by atoms with Gasteiger partial charge in [0.1, 0.15) is 29.4 Å².